The summed E-state index contributed by atoms with van der Waals surface area (Å²) >= 11 is 11.8. The molecule has 2 aromatic rings. The van der Waals surface area contributed by atoms with E-state index in [0.29, 0.717) is 15.7 Å². The molecule has 0 fully saturated rings. The number of nitrogens with one attached hydrogen (secondary N) is 1. The summed E-state index contributed by atoms with van der Waals surface area (Å²) in [5.74, 6) is -1.14. The minimum Gasteiger partial charge on any atom is -0.452 e. The highest BCUT2D eigenvalue weighted by Crippen LogP contribution is 2.25. The van der Waals surface area contributed by atoms with Crippen molar-refractivity contribution >= 4 is 46.8 Å². The molecule has 1 aromatic heterocycles. The summed E-state index contributed by atoms with van der Waals surface area (Å²) < 4.78 is 6.64. The SMILES string of the molecule is Cc1nn(C)c(C)c1/C=C/C(=O)OCC(=O)Nc1cc(Cl)ccc1Cl. The summed E-state index contributed by atoms with van der Waals surface area (Å²) in [5.41, 5.74) is 2.93. The highest BCUT2D eigenvalue weighted by molar-refractivity contribution is 6.35. The number of aryl methyl sites for hydroxylation is 2. The zero-order valence-electron chi connectivity index (χ0n) is 14.0. The number of hydrogen-bond donors (Lipinski definition) is 1. The van der Waals surface area contributed by atoms with E-state index in [9.17, 15) is 9.59 Å². The Balaban J connectivity index is 1.90. The lowest BCUT2D eigenvalue weighted by atomic mass is 10.2. The van der Waals surface area contributed by atoms with Crippen LogP contribution in [0.25, 0.3) is 6.08 Å². The van der Waals surface area contributed by atoms with Gasteiger partial charge in [-0.3, -0.25) is 9.48 Å². The van der Waals surface area contributed by atoms with Crippen molar-refractivity contribution in [3.05, 3.63) is 51.3 Å². The fourth-order valence-corrected chi connectivity index (χ4v) is 2.48. The van der Waals surface area contributed by atoms with Gasteiger partial charge in [0.1, 0.15) is 0 Å². The van der Waals surface area contributed by atoms with E-state index in [1.165, 1.54) is 12.1 Å². The third-order valence-corrected chi connectivity index (χ3v) is 4.06. The highest BCUT2D eigenvalue weighted by atomic mass is 35.5. The first-order chi connectivity index (χ1) is 11.8. The number of esters is 1. The minimum absolute atomic E-state index is 0.339. The third-order valence-electron chi connectivity index (χ3n) is 3.50. The van der Waals surface area contributed by atoms with Crippen molar-refractivity contribution in [1.82, 2.24) is 9.78 Å². The molecule has 6 nitrogen and oxygen atoms in total. The van der Waals surface area contributed by atoms with E-state index in [1.807, 2.05) is 20.9 Å². The second-order valence-corrected chi connectivity index (χ2v) is 6.17. The van der Waals surface area contributed by atoms with Gasteiger partial charge in [-0.25, -0.2) is 4.79 Å². The normalized spacial score (nSPS) is 10.9. The van der Waals surface area contributed by atoms with Gasteiger partial charge in [0, 0.05) is 29.4 Å². The summed E-state index contributed by atoms with van der Waals surface area (Å²) in [6, 6.07) is 4.68. The molecular weight excluding hydrogens is 365 g/mol. The van der Waals surface area contributed by atoms with Gasteiger partial charge in [-0.05, 0) is 38.1 Å². The van der Waals surface area contributed by atoms with Crippen molar-refractivity contribution in [2.45, 2.75) is 13.8 Å². The molecule has 1 N–H and O–H groups in total. The maximum absolute atomic E-state index is 11.8. The molecule has 2 rings (SSSR count). The van der Waals surface area contributed by atoms with Crippen LogP contribution in [0.1, 0.15) is 17.0 Å². The van der Waals surface area contributed by atoms with Crippen LogP contribution in [0.2, 0.25) is 10.0 Å². The lowest BCUT2D eigenvalue weighted by Gasteiger charge is -2.07. The first-order valence-electron chi connectivity index (χ1n) is 7.38. The first-order valence-corrected chi connectivity index (χ1v) is 8.13. The van der Waals surface area contributed by atoms with Crippen LogP contribution in [0.5, 0.6) is 0 Å². The van der Waals surface area contributed by atoms with Gasteiger partial charge in [-0.15, -0.1) is 0 Å². The Morgan fingerprint density at radius 1 is 1.32 bits per heavy atom. The molecule has 0 atom stereocenters. The van der Waals surface area contributed by atoms with Gasteiger partial charge in [-0.1, -0.05) is 23.2 Å². The van der Waals surface area contributed by atoms with Crippen LogP contribution >= 0.6 is 23.2 Å². The van der Waals surface area contributed by atoms with Crippen LogP contribution in [-0.2, 0) is 21.4 Å². The number of halogens is 2. The number of benzene rings is 1. The van der Waals surface area contributed by atoms with Crippen molar-refractivity contribution in [3.8, 4) is 0 Å². The van der Waals surface area contributed by atoms with E-state index in [2.05, 4.69) is 10.4 Å². The summed E-state index contributed by atoms with van der Waals surface area (Å²) in [6.07, 6.45) is 2.88. The molecule has 0 aliphatic heterocycles. The van der Waals surface area contributed by atoms with Gasteiger partial charge < -0.3 is 10.1 Å². The summed E-state index contributed by atoms with van der Waals surface area (Å²) in [4.78, 5) is 23.6. The zero-order valence-corrected chi connectivity index (χ0v) is 15.5. The Bertz CT molecular complexity index is 844. The van der Waals surface area contributed by atoms with Gasteiger partial charge in [0.2, 0.25) is 0 Å². The molecule has 25 heavy (non-hydrogen) atoms. The number of anilines is 1. The van der Waals surface area contributed by atoms with Crippen LogP contribution in [0.15, 0.2) is 24.3 Å². The smallest absolute Gasteiger partial charge is 0.331 e. The quantitative estimate of drug-likeness (QED) is 0.634. The molecule has 8 heteroatoms. The number of carbonyl (C=O) groups is 2. The van der Waals surface area contributed by atoms with E-state index in [4.69, 9.17) is 27.9 Å². The second kappa shape index (κ2) is 8.18. The highest BCUT2D eigenvalue weighted by Gasteiger charge is 2.10. The Hall–Kier alpha value is -2.31. The molecule has 0 spiro atoms. The summed E-state index contributed by atoms with van der Waals surface area (Å²) in [6.45, 7) is 3.31. The lowest BCUT2D eigenvalue weighted by Crippen LogP contribution is -2.20. The summed E-state index contributed by atoms with van der Waals surface area (Å²) in [7, 11) is 1.82. The maximum Gasteiger partial charge on any atom is 0.331 e. The molecule has 1 aromatic carbocycles. The monoisotopic (exact) mass is 381 g/mol. The molecule has 132 valence electrons. The molecule has 1 heterocycles. The van der Waals surface area contributed by atoms with E-state index < -0.39 is 18.5 Å². The molecule has 0 aliphatic carbocycles. The standard InChI is InChI=1S/C17H17Cl2N3O3/c1-10-13(11(2)22(3)21-10)5-7-17(24)25-9-16(23)20-15-8-12(18)4-6-14(15)19/h4-8H,9H2,1-3H3,(H,20,23)/b7-5+. The average molecular weight is 382 g/mol. The summed E-state index contributed by atoms with van der Waals surface area (Å²) in [5, 5.41) is 7.55. The fourth-order valence-electron chi connectivity index (χ4n) is 2.15. The van der Waals surface area contributed by atoms with Gasteiger partial charge in [-0.2, -0.15) is 5.10 Å². The average Bonchev–Trinajstić information content (AvgIpc) is 2.79. The zero-order chi connectivity index (χ0) is 18.6. The number of ether oxygens (including phenoxy) is 1. The largest absolute Gasteiger partial charge is 0.452 e. The van der Waals surface area contributed by atoms with Gasteiger partial charge >= 0.3 is 5.97 Å². The number of hydrogen-bond acceptors (Lipinski definition) is 4. The fraction of sp³-hybridized carbons (Fsp3) is 0.235. The van der Waals surface area contributed by atoms with Gasteiger partial charge in [0.05, 0.1) is 16.4 Å². The van der Waals surface area contributed by atoms with Crippen molar-refractivity contribution < 1.29 is 14.3 Å². The third kappa shape index (κ3) is 5.08. The second-order valence-electron chi connectivity index (χ2n) is 5.32. The number of amides is 1. The van der Waals surface area contributed by atoms with E-state index in [1.54, 1.807) is 22.9 Å². The van der Waals surface area contributed by atoms with E-state index in [-0.39, 0.29) is 0 Å². The topological polar surface area (TPSA) is 73.2 Å². The first kappa shape index (κ1) is 19.0. The van der Waals surface area contributed by atoms with Crippen molar-refractivity contribution in [1.29, 1.82) is 0 Å². The molecule has 1 amide bonds. The number of carbonyl (C=O) groups excluding carboxylic acids is 2. The number of nitrogens with zero attached hydrogens (tertiary/aromatic N) is 2. The molecule has 0 unspecified atom stereocenters. The Labute approximate surface area is 155 Å². The molecule has 0 radical (unpaired) electrons. The molecule has 0 aliphatic rings. The Morgan fingerprint density at radius 2 is 2.04 bits per heavy atom. The van der Waals surface area contributed by atoms with Crippen molar-refractivity contribution in [2.24, 2.45) is 7.05 Å². The van der Waals surface area contributed by atoms with Crippen LogP contribution in [-0.4, -0.2) is 28.3 Å². The minimum atomic E-state index is -0.630. The van der Waals surface area contributed by atoms with E-state index >= 15 is 0 Å². The maximum atomic E-state index is 11.8. The Morgan fingerprint density at radius 3 is 2.68 bits per heavy atom. The van der Waals surface area contributed by atoms with Crippen molar-refractivity contribution in [2.75, 3.05) is 11.9 Å². The molecular formula is C17H17Cl2N3O3. The number of rotatable bonds is 5. The molecule has 0 saturated heterocycles. The van der Waals surface area contributed by atoms with Crippen LogP contribution in [0, 0.1) is 13.8 Å². The molecule has 0 saturated carbocycles. The lowest BCUT2D eigenvalue weighted by molar-refractivity contribution is -0.142. The Kier molecular flexibility index (Phi) is 6.22. The van der Waals surface area contributed by atoms with E-state index in [0.717, 1.165) is 17.0 Å². The number of aromatic nitrogens is 2. The van der Waals surface area contributed by atoms with Gasteiger partial charge in [0.15, 0.2) is 6.61 Å². The van der Waals surface area contributed by atoms with Crippen LogP contribution in [0.3, 0.4) is 0 Å². The molecule has 0 bridgehead atoms. The predicted molar refractivity (Wildman–Crippen MR) is 97.8 cm³/mol. The van der Waals surface area contributed by atoms with Crippen molar-refractivity contribution in [3.63, 3.8) is 0 Å². The predicted octanol–water partition coefficient (Wildman–Crippen LogP) is 3.54. The van der Waals surface area contributed by atoms with Gasteiger partial charge in [0.25, 0.3) is 5.91 Å². The van der Waals surface area contributed by atoms with Crippen LogP contribution < -0.4 is 5.32 Å². The van der Waals surface area contributed by atoms with Crippen LogP contribution in [0.4, 0.5) is 5.69 Å².